The van der Waals surface area contributed by atoms with Gasteiger partial charge in [0.05, 0.1) is 0 Å². The largest absolute Gasteiger partial charge is 0.462 e. The van der Waals surface area contributed by atoms with Gasteiger partial charge >= 0.3 is 17.9 Å². The molecule has 6 heteroatoms. The first-order valence-corrected chi connectivity index (χ1v) is 34.0. The van der Waals surface area contributed by atoms with Crippen molar-refractivity contribution in [3.8, 4) is 0 Å². The maximum Gasteiger partial charge on any atom is 0.306 e. The Morgan fingerprint density at radius 2 is 0.481 bits per heavy atom. The third kappa shape index (κ3) is 66.5. The van der Waals surface area contributed by atoms with Crippen molar-refractivity contribution < 1.29 is 28.6 Å². The molecular weight excluding hydrogens is 997 g/mol. The quantitative estimate of drug-likeness (QED) is 0.0261. The van der Waals surface area contributed by atoms with Crippen LogP contribution in [-0.4, -0.2) is 37.2 Å². The predicted molar refractivity (Wildman–Crippen MR) is 353 cm³/mol. The van der Waals surface area contributed by atoms with Gasteiger partial charge in [0.25, 0.3) is 0 Å². The standard InChI is InChI=1S/C75H126O6/c1-4-7-10-13-16-19-22-25-27-29-30-31-32-33-34-35-36-37-38-39-40-41-42-43-44-45-46-47-49-50-53-56-59-62-65-68-74(77)80-71-72(70-79-73(76)67-64-61-58-55-52-24-21-18-15-12-9-6-3)81-75(78)69-66-63-60-57-54-51-48-28-26-23-20-17-14-11-8-5-2/h7,10,16,18-19,21,25,27,30-31,33-34,36-37,39-40,42-43,45-46,72H,4-6,8-9,11-15,17,20,22-24,26,28-29,32,35,38,41,44,47-71H2,1-3H3/b10-7-,19-16-,21-18-,27-25-,31-30-,34-33-,37-36-,40-39-,43-42-,46-45-. The normalized spacial score (nSPS) is 12.9. The molecule has 0 aromatic carbocycles. The average Bonchev–Trinajstić information content (AvgIpc) is 3.47. The van der Waals surface area contributed by atoms with Crippen LogP contribution in [0.1, 0.15) is 316 Å². The Morgan fingerprint density at radius 3 is 0.790 bits per heavy atom. The Balaban J connectivity index is 4.25. The molecule has 462 valence electrons. The molecule has 0 amide bonds. The van der Waals surface area contributed by atoms with E-state index in [0.717, 1.165) is 128 Å². The summed E-state index contributed by atoms with van der Waals surface area (Å²) in [5.41, 5.74) is 0. The molecule has 0 saturated carbocycles. The molecule has 1 unspecified atom stereocenters. The summed E-state index contributed by atoms with van der Waals surface area (Å²) in [5, 5.41) is 0. The van der Waals surface area contributed by atoms with Crippen LogP contribution in [0, 0.1) is 0 Å². The van der Waals surface area contributed by atoms with Crippen molar-refractivity contribution in [2.75, 3.05) is 13.2 Å². The number of hydrogen-bond acceptors (Lipinski definition) is 6. The highest BCUT2D eigenvalue weighted by atomic mass is 16.6. The van der Waals surface area contributed by atoms with Gasteiger partial charge < -0.3 is 14.2 Å². The summed E-state index contributed by atoms with van der Waals surface area (Å²) in [6.07, 6.45) is 95.0. The zero-order chi connectivity index (χ0) is 58.5. The molecular formula is C75H126O6. The fourth-order valence-electron chi connectivity index (χ4n) is 9.37. The Labute approximate surface area is 501 Å². The summed E-state index contributed by atoms with van der Waals surface area (Å²) in [6, 6.07) is 0. The van der Waals surface area contributed by atoms with Crippen LogP contribution in [0.25, 0.3) is 0 Å². The topological polar surface area (TPSA) is 78.9 Å². The third-order valence-electron chi connectivity index (χ3n) is 14.5. The van der Waals surface area contributed by atoms with Crippen molar-refractivity contribution in [2.24, 2.45) is 0 Å². The molecule has 81 heavy (non-hydrogen) atoms. The van der Waals surface area contributed by atoms with E-state index in [9.17, 15) is 14.4 Å². The average molecular weight is 1120 g/mol. The highest BCUT2D eigenvalue weighted by Gasteiger charge is 2.19. The van der Waals surface area contributed by atoms with Gasteiger partial charge in [-0.3, -0.25) is 14.4 Å². The van der Waals surface area contributed by atoms with Crippen LogP contribution in [0.2, 0.25) is 0 Å². The van der Waals surface area contributed by atoms with E-state index in [1.165, 1.54) is 148 Å². The molecule has 0 N–H and O–H groups in total. The number of carbonyl (C=O) groups excluding carboxylic acids is 3. The van der Waals surface area contributed by atoms with Crippen molar-refractivity contribution in [1.82, 2.24) is 0 Å². The Hall–Kier alpha value is -4.19. The zero-order valence-corrected chi connectivity index (χ0v) is 53.0. The van der Waals surface area contributed by atoms with Crippen LogP contribution in [0.5, 0.6) is 0 Å². The molecule has 0 radical (unpaired) electrons. The Bertz CT molecular complexity index is 1670. The van der Waals surface area contributed by atoms with E-state index in [1.807, 2.05) is 0 Å². The minimum atomic E-state index is -0.786. The van der Waals surface area contributed by atoms with Crippen molar-refractivity contribution in [2.45, 2.75) is 322 Å². The highest BCUT2D eigenvalue weighted by Crippen LogP contribution is 2.16. The van der Waals surface area contributed by atoms with Gasteiger partial charge in [0.15, 0.2) is 6.10 Å². The first-order chi connectivity index (χ1) is 40.0. The molecule has 0 aromatic heterocycles. The SMILES string of the molecule is CC/C=C\C/C=C\C/C=C\C/C=C\C/C=C\C/C=C\C/C=C\C/C=C\C/C=C\CCCCCCCCCC(=O)OCC(COC(=O)CCCCCCC/C=C\CCCCC)OC(=O)CCCCCCCCCCCCCCCCCC. The second-order valence-corrected chi connectivity index (χ2v) is 22.4. The highest BCUT2D eigenvalue weighted by molar-refractivity contribution is 5.71. The van der Waals surface area contributed by atoms with Crippen molar-refractivity contribution >= 4 is 17.9 Å². The lowest BCUT2D eigenvalue weighted by atomic mass is 10.0. The number of hydrogen-bond donors (Lipinski definition) is 0. The third-order valence-corrected chi connectivity index (χ3v) is 14.5. The van der Waals surface area contributed by atoms with Gasteiger partial charge in [-0.05, 0) is 116 Å². The molecule has 0 heterocycles. The molecule has 1 atom stereocenters. The lowest BCUT2D eigenvalue weighted by Gasteiger charge is -2.18. The van der Waals surface area contributed by atoms with E-state index in [0.29, 0.717) is 19.3 Å². The number of esters is 3. The van der Waals surface area contributed by atoms with Crippen LogP contribution in [0.3, 0.4) is 0 Å². The minimum absolute atomic E-state index is 0.0840. The van der Waals surface area contributed by atoms with E-state index in [1.54, 1.807) is 0 Å². The van der Waals surface area contributed by atoms with Crippen LogP contribution in [0.15, 0.2) is 122 Å². The number of unbranched alkanes of at least 4 members (excludes halogenated alkanes) is 30. The summed E-state index contributed by atoms with van der Waals surface area (Å²) in [5.74, 6) is -0.894. The Kier molecular flexibility index (Phi) is 64.8. The molecule has 0 fully saturated rings. The summed E-state index contributed by atoms with van der Waals surface area (Å²) in [6.45, 7) is 6.51. The first kappa shape index (κ1) is 76.8. The smallest absolute Gasteiger partial charge is 0.306 e. The van der Waals surface area contributed by atoms with Crippen LogP contribution < -0.4 is 0 Å². The van der Waals surface area contributed by atoms with Gasteiger partial charge in [0.1, 0.15) is 13.2 Å². The number of carbonyl (C=O) groups is 3. The molecule has 0 saturated heterocycles. The van der Waals surface area contributed by atoms with Gasteiger partial charge in [0, 0.05) is 19.3 Å². The van der Waals surface area contributed by atoms with Gasteiger partial charge in [-0.2, -0.15) is 0 Å². The molecule has 0 bridgehead atoms. The van der Waals surface area contributed by atoms with Gasteiger partial charge in [0.2, 0.25) is 0 Å². The molecule has 0 aliphatic heterocycles. The first-order valence-electron chi connectivity index (χ1n) is 34.0. The maximum atomic E-state index is 12.9. The summed E-state index contributed by atoms with van der Waals surface area (Å²) in [7, 11) is 0. The lowest BCUT2D eigenvalue weighted by molar-refractivity contribution is -0.167. The number of rotatable bonds is 61. The summed E-state index contributed by atoms with van der Waals surface area (Å²) in [4.78, 5) is 38.3. The zero-order valence-electron chi connectivity index (χ0n) is 53.0. The minimum Gasteiger partial charge on any atom is -0.462 e. The maximum absolute atomic E-state index is 12.9. The summed E-state index contributed by atoms with van der Waals surface area (Å²) < 4.78 is 16.9. The number of allylic oxidation sites excluding steroid dienone is 20. The molecule has 6 nitrogen and oxygen atoms in total. The molecule has 0 aliphatic carbocycles. The molecule has 0 rings (SSSR count). The summed E-state index contributed by atoms with van der Waals surface area (Å²) >= 11 is 0. The van der Waals surface area contributed by atoms with E-state index in [-0.39, 0.29) is 31.1 Å². The lowest BCUT2D eigenvalue weighted by Crippen LogP contribution is -2.30. The van der Waals surface area contributed by atoms with Gasteiger partial charge in [-0.15, -0.1) is 0 Å². The van der Waals surface area contributed by atoms with Crippen LogP contribution in [0.4, 0.5) is 0 Å². The molecule has 0 aliphatic rings. The van der Waals surface area contributed by atoms with Gasteiger partial charge in [-0.25, -0.2) is 0 Å². The van der Waals surface area contributed by atoms with Crippen LogP contribution in [-0.2, 0) is 28.6 Å². The van der Waals surface area contributed by atoms with Crippen molar-refractivity contribution in [1.29, 1.82) is 0 Å². The molecule has 0 spiro atoms. The van der Waals surface area contributed by atoms with E-state index in [4.69, 9.17) is 14.2 Å². The monoisotopic (exact) mass is 1120 g/mol. The second-order valence-electron chi connectivity index (χ2n) is 22.4. The molecule has 0 aromatic rings. The van der Waals surface area contributed by atoms with Crippen molar-refractivity contribution in [3.05, 3.63) is 122 Å². The Morgan fingerprint density at radius 1 is 0.259 bits per heavy atom. The van der Waals surface area contributed by atoms with E-state index in [2.05, 4.69) is 142 Å². The van der Waals surface area contributed by atoms with E-state index < -0.39 is 6.10 Å². The van der Waals surface area contributed by atoms with Gasteiger partial charge in [-0.1, -0.05) is 303 Å². The number of ether oxygens (including phenoxy) is 3. The van der Waals surface area contributed by atoms with Crippen molar-refractivity contribution in [3.63, 3.8) is 0 Å². The fraction of sp³-hybridized carbons (Fsp3) is 0.693. The fourth-order valence-corrected chi connectivity index (χ4v) is 9.37. The second kappa shape index (κ2) is 68.3. The van der Waals surface area contributed by atoms with E-state index >= 15 is 0 Å². The predicted octanol–water partition coefficient (Wildman–Crippen LogP) is 23.6. The van der Waals surface area contributed by atoms with Crippen LogP contribution >= 0.6 is 0 Å².